The Bertz CT molecular complexity index is 272. The Morgan fingerprint density at radius 1 is 1.17 bits per heavy atom. The van der Waals surface area contributed by atoms with E-state index in [9.17, 15) is 0 Å². The Hall–Kier alpha value is -0.130. The first-order chi connectivity index (χ1) is 4.75. The number of nitrogens with zero attached hydrogens (tertiary/aromatic N) is 1. The van der Waals surface area contributed by atoms with E-state index in [2.05, 4.69) is 4.85 Å². The normalized spacial score (nSPS) is 7.42. The summed E-state index contributed by atoms with van der Waals surface area (Å²) < 4.78 is 0. The summed E-state index contributed by atoms with van der Waals surface area (Å²) in [5.74, 6) is 0. The molecule has 0 saturated heterocycles. The summed E-state index contributed by atoms with van der Waals surface area (Å²) in [4.78, 5) is 3.41. The number of hydrogen-bond donors (Lipinski definition) is 0. The fourth-order valence-electron chi connectivity index (χ4n) is 0.612. The highest BCUT2D eigenvalue weighted by molar-refractivity contribution is 6.39. The quantitative estimate of drug-likeness (QED) is 0.642. The van der Waals surface area contributed by atoms with E-state index < -0.39 is 0 Å². The minimum Gasteiger partial charge on any atom is -1.00 e. The van der Waals surface area contributed by atoms with Gasteiger partial charge in [0.1, 0.15) is 10.0 Å². The van der Waals surface area contributed by atoms with Crippen LogP contribution >= 0.6 is 35.6 Å². The molecule has 12 heavy (non-hydrogen) atoms. The zero-order chi connectivity index (χ0) is 7.56. The molecule has 1 rings (SSSR count). The van der Waals surface area contributed by atoms with Crippen molar-refractivity contribution in [1.82, 2.24) is 0 Å². The summed E-state index contributed by atoms with van der Waals surface area (Å²) in [5, 5.41) is 0.935. The van der Waals surface area contributed by atoms with Gasteiger partial charge < -0.3 is 12.4 Å². The molecular formula is C7H5Cl4N. The smallest absolute Gasteiger partial charge is 0.376 e. The Morgan fingerprint density at radius 3 is 1.83 bits per heavy atom. The lowest BCUT2D eigenvalue weighted by Gasteiger charge is -1.86. The van der Waals surface area contributed by atoms with Crippen LogP contribution < -0.4 is 12.4 Å². The summed E-state index contributed by atoms with van der Waals surface area (Å²) in [6, 6.07) is 5.09. The second-order valence-corrected chi connectivity index (χ2v) is 2.51. The van der Waals surface area contributed by atoms with Gasteiger partial charge in [-0.15, -0.1) is 12.4 Å². The van der Waals surface area contributed by atoms with Crippen molar-refractivity contribution in [3.63, 3.8) is 0 Å². The molecule has 0 aliphatic carbocycles. The molecule has 0 heterocycles. The molecule has 0 saturated carbocycles. The third-order valence-corrected chi connectivity index (χ3v) is 1.68. The summed E-state index contributed by atoms with van der Waals surface area (Å²) in [6.07, 6.45) is 0. The first kappa shape index (κ1) is 14.4. The lowest BCUT2D eigenvalue weighted by atomic mass is 10.3. The van der Waals surface area contributed by atoms with Gasteiger partial charge in [0, 0.05) is 0 Å². The zero-order valence-corrected chi connectivity index (χ0v) is 8.88. The van der Waals surface area contributed by atoms with Gasteiger partial charge in [0.2, 0.25) is 0 Å². The molecule has 0 fully saturated rings. The van der Waals surface area contributed by atoms with Crippen LogP contribution in [-0.2, 0) is 0 Å². The van der Waals surface area contributed by atoms with Gasteiger partial charge in [-0.05, 0) is 17.0 Å². The third kappa shape index (κ3) is 3.08. The van der Waals surface area contributed by atoms with E-state index in [0.717, 1.165) is 0 Å². The lowest BCUT2D eigenvalue weighted by Crippen LogP contribution is -3.00. The van der Waals surface area contributed by atoms with Crippen molar-refractivity contribution in [3.05, 3.63) is 33.1 Å². The molecule has 0 atom stereocenters. The van der Waals surface area contributed by atoms with Crippen molar-refractivity contribution < 1.29 is 12.4 Å². The fraction of sp³-hybridized carbons (Fsp3) is 0. The van der Waals surface area contributed by atoms with Crippen LogP contribution in [0.3, 0.4) is 0 Å². The molecule has 0 N–H and O–H groups in total. The van der Waals surface area contributed by atoms with Crippen LogP contribution in [0.15, 0.2) is 18.2 Å². The molecule has 0 aromatic heterocycles. The first-order valence-electron chi connectivity index (χ1n) is 2.60. The Kier molecular flexibility index (Phi) is 7.67. The second kappa shape index (κ2) is 6.39. The Balaban J connectivity index is 0. The highest BCUT2D eigenvalue weighted by atomic mass is 35.5. The number of rotatable bonds is 0. The zero-order valence-electron chi connectivity index (χ0n) is 5.80. The van der Waals surface area contributed by atoms with Crippen LogP contribution in [0, 0.1) is 6.57 Å². The minimum atomic E-state index is 0. The van der Waals surface area contributed by atoms with Crippen molar-refractivity contribution in [1.29, 1.82) is 0 Å². The SMILES string of the molecule is C#[N+]c1c(Cl)cccc1Cl.Cl.[Cl-]. The Morgan fingerprint density at radius 2 is 1.58 bits per heavy atom. The molecule has 1 aromatic carbocycles. The first-order valence-corrected chi connectivity index (χ1v) is 3.36. The highest BCUT2D eigenvalue weighted by Gasteiger charge is 2.12. The van der Waals surface area contributed by atoms with Gasteiger partial charge >= 0.3 is 5.69 Å². The topological polar surface area (TPSA) is 4.36 Å². The molecule has 0 aliphatic heterocycles. The maximum absolute atomic E-state index is 5.67. The van der Waals surface area contributed by atoms with E-state index in [1.165, 1.54) is 0 Å². The summed E-state index contributed by atoms with van der Waals surface area (Å²) in [6.45, 7) is 5.01. The van der Waals surface area contributed by atoms with Gasteiger partial charge in [-0.1, -0.05) is 29.3 Å². The van der Waals surface area contributed by atoms with E-state index in [0.29, 0.717) is 15.7 Å². The number of para-hydroxylation sites is 1. The maximum atomic E-state index is 5.67. The average Bonchev–Trinajstić information content (AvgIpc) is 1.88. The van der Waals surface area contributed by atoms with Gasteiger partial charge in [-0.3, -0.25) is 0 Å². The molecule has 66 valence electrons. The molecule has 5 heteroatoms. The van der Waals surface area contributed by atoms with E-state index in [4.69, 9.17) is 29.8 Å². The Labute approximate surface area is 93.3 Å². The largest absolute Gasteiger partial charge is 1.00 e. The van der Waals surface area contributed by atoms with E-state index in [1.807, 2.05) is 0 Å². The average molecular weight is 245 g/mol. The molecule has 1 nitrogen and oxygen atoms in total. The lowest BCUT2D eigenvalue weighted by molar-refractivity contribution is -0.00000197. The predicted molar refractivity (Wildman–Crippen MR) is 51.7 cm³/mol. The number of hydrogen-bond acceptors (Lipinski definition) is 0. The van der Waals surface area contributed by atoms with E-state index in [-0.39, 0.29) is 24.8 Å². The van der Waals surface area contributed by atoms with Crippen LogP contribution in [0.25, 0.3) is 4.85 Å². The van der Waals surface area contributed by atoms with Crippen molar-refractivity contribution in [3.8, 4) is 6.57 Å². The van der Waals surface area contributed by atoms with Crippen LogP contribution in [0.2, 0.25) is 10.0 Å². The standard InChI is InChI=1S/C7H4Cl2N.2ClH/c1-10-7-5(8)3-2-4-6(7)9;;/h1-4H;2*1H/q+1;;/p-1. The van der Waals surface area contributed by atoms with Gasteiger partial charge in [0.25, 0.3) is 6.57 Å². The second-order valence-electron chi connectivity index (χ2n) is 1.70. The van der Waals surface area contributed by atoms with Gasteiger partial charge in [0.15, 0.2) is 0 Å². The minimum absolute atomic E-state index is 0. The van der Waals surface area contributed by atoms with Crippen LogP contribution in [0.1, 0.15) is 0 Å². The predicted octanol–water partition coefficient (Wildman–Crippen LogP) is 1.01. The molecule has 1 aromatic rings. The third-order valence-electron chi connectivity index (χ3n) is 1.07. The van der Waals surface area contributed by atoms with Crippen LogP contribution in [0.5, 0.6) is 0 Å². The molecule has 0 radical (unpaired) electrons. The molecule has 0 amide bonds. The number of halogens is 4. The van der Waals surface area contributed by atoms with Gasteiger partial charge in [0.05, 0.1) is 0 Å². The van der Waals surface area contributed by atoms with E-state index >= 15 is 0 Å². The van der Waals surface area contributed by atoms with Crippen LogP contribution in [-0.4, -0.2) is 0 Å². The van der Waals surface area contributed by atoms with Gasteiger partial charge in [-0.25, -0.2) is 0 Å². The maximum Gasteiger partial charge on any atom is 0.376 e. The van der Waals surface area contributed by atoms with Crippen molar-refractivity contribution in [2.24, 2.45) is 0 Å². The summed E-state index contributed by atoms with van der Waals surface area (Å²) >= 11 is 11.3. The van der Waals surface area contributed by atoms with Crippen molar-refractivity contribution in [2.75, 3.05) is 0 Å². The van der Waals surface area contributed by atoms with Crippen molar-refractivity contribution in [2.45, 2.75) is 0 Å². The summed E-state index contributed by atoms with van der Waals surface area (Å²) in [5.41, 5.74) is 0.436. The van der Waals surface area contributed by atoms with Crippen LogP contribution in [0.4, 0.5) is 5.69 Å². The van der Waals surface area contributed by atoms with Gasteiger partial charge in [-0.2, -0.15) is 0 Å². The monoisotopic (exact) mass is 243 g/mol. The fourth-order valence-corrected chi connectivity index (χ4v) is 1.11. The highest BCUT2D eigenvalue weighted by Crippen LogP contribution is 2.32. The molecule has 0 spiro atoms. The molecular weight excluding hydrogens is 240 g/mol. The molecule has 0 aliphatic rings. The van der Waals surface area contributed by atoms with Crippen molar-refractivity contribution >= 4 is 41.3 Å². The molecule has 0 unspecified atom stereocenters. The number of benzene rings is 1. The van der Waals surface area contributed by atoms with E-state index in [1.54, 1.807) is 18.2 Å². The summed E-state index contributed by atoms with van der Waals surface area (Å²) in [7, 11) is 0. The molecule has 0 bridgehead atoms.